The van der Waals surface area contributed by atoms with Gasteiger partial charge in [-0.2, -0.15) is 5.10 Å². The van der Waals surface area contributed by atoms with Gasteiger partial charge in [0.1, 0.15) is 11.6 Å². The molecule has 0 radical (unpaired) electrons. The summed E-state index contributed by atoms with van der Waals surface area (Å²) in [6.45, 7) is 4.60. The number of aromatic nitrogens is 3. The lowest BCUT2D eigenvalue weighted by Crippen LogP contribution is -2.41. The lowest BCUT2D eigenvalue weighted by molar-refractivity contribution is 0.00976. The molecule has 1 aliphatic carbocycles. The monoisotopic (exact) mass is 617 g/mol. The quantitative estimate of drug-likeness (QED) is 0.253. The highest BCUT2D eigenvalue weighted by molar-refractivity contribution is 6.34. The Kier molecular flexibility index (Phi) is 7.55. The molecule has 6 rings (SSSR count). The van der Waals surface area contributed by atoms with Crippen LogP contribution in [0.3, 0.4) is 0 Å². The Labute approximate surface area is 259 Å². The first kappa shape index (κ1) is 29.9. The van der Waals surface area contributed by atoms with Crippen LogP contribution in [0, 0.1) is 16.6 Å². The summed E-state index contributed by atoms with van der Waals surface area (Å²) >= 11 is 6.48. The Bertz CT molecular complexity index is 1770. The second-order valence-corrected chi connectivity index (χ2v) is 12.7. The van der Waals surface area contributed by atoms with E-state index in [-0.39, 0.29) is 36.1 Å². The lowest BCUT2D eigenvalue weighted by Gasteiger charge is -2.36. The number of ketones is 1. The fourth-order valence-electron chi connectivity index (χ4n) is 6.38. The maximum Gasteiger partial charge on any atom is 0.269 e. The van der Waals surface area contributed by atoms with Crippen LogP contribution in [0.15, 0.2) is 54.7 Å². The molecular formula is C33H33ClFN5O4. The minimum atomic E-state index is -0.642. The van der Waals surface area contributed by atoms with Crippen molar-refractivity contribution in [3.05, 3.63) is 93.5 Å². The van der Waals surface area contributed by atoms with Gasteiger partial charge in [-0.05, 0) is 60.4 Å². The van der Waals surface area contributed by atoms with Crippen molar-refractivity contribution in [2.45, 2.75) is 33.1 Å². The van der Waals surface area contributed by atoms with Crippen molar-refractivity contribution in [3.8, 4) is 16.9 Å². The number of Topliss-reactive ketones (excluding diaryl/α,β-unsaturated/α-hetero) is 1. The molecule has 4 aromatic rings. The van der Waals surface area contributed by atoms with Crippen molar-refractivity contribution in [1.29, 1.82) is 0 Å². The molecule has 44 heavy (non-hydrogen) atoms. The number of hydrogen-bond donors (Lipinski definition) is 3. The Morgan fingerprint density at radius 1 is 1.02 bits per heavy atom. The minimum absolute atomic E-state index is 0.0574. The number of carbonyl (C=O) groups is 2. The van der Waals surface area contributed by atoms with E-state index >= 15 is 0 Å². The number of nitrogens with two attached hydrogens (primary N) is 1. The Morgan fingerprint density at radius 3 is 2.34 bits per heavy atom. The first-order valence-electron chi connectivity index (χ1n) is 14.4. The number of rotatable bonds is 8. The SMILES string of the molecule is C[C@]1(CO)CN(c2cc(C(=O)Cc3ccc4c(c3)-c3c(c(C(N)=O)nn3-c3ccc(F)cc3)CC4)c(Cl)cn2)C[C@@]1(C)CO. The molecule has 1 amide bonds. The van der Waals surface area contributed by atoms with E-state index in [4.69, 9.17) is 17.3 Å². The van der Waals surface area contributed by atoms with E-state index < -0.39 is 22.6 Å². The predicted molar refractivity (Wildman–Crippen MR) is 165 cm³/mol. The minimum Gasteiger partial charge on any atom is -0.396 e. The van der Waals surface area contributed by atoms with Crippen LogP contribution < -0.4 is 10.6 Å². The number of amides is 1. The molecule has 3 heterocycles. The molecule has 9 nitrogen and oxygen atoms in total. The summed E-state index contributed by atoms with van der Waals surface area (Å²) in [7, 11) is 0. The molecule has 1 aliphatic heterocycles. The summed E-state index contributed by atoms with van der Waals surface area (Å²) in [5.74, 6) is -0.685. The van der Waals surface area contributed by atoms with Gasteiger partial charge in [-0.25, -0.2) is 14.1 Å². The van der Waals surface area contributed by atoms with Crippen molar-refractivity contribution in [2.75, 3.05) is 31.2 Å². The summed E-state index contributed by atoms with van der Waals surface area (Å²) in [5.41, 5.74) is 9.67. The highest BCUT2D eigenvalue weighted by atomic mass is 35.5. The third-order valence-electron chi connectivity index (χ3n) is 9.43. The Morgan fingerprint density at radius 2 is 1.70 bits per heavy atom. The van der Waals surface area contributed by atoms with Gasteiger partial charge in [0.05, 0.1) is 29.6 Å². The van der Waals surface area contributed by atoms with Gasteiger partial charge in [0, 0.05) is 53.2 Å². The number of nitrogens with zero attached hydrogens (tertiary/aromatic N) is 4. The number of carbonyl (C=O) groups excluding carboxylic acids is 2. The topological polar surface area (TPSA) is 135 Å². The highest BCUT2D eigenvalue weighted by Gasteiger charge is 2.51. The second-order valence-electron chi connectivity index (χ2n) is 12.3. The normalized spacial score (nSPS) is 20.8. The van der Waals surface area contributed by atoms with E-state index in [1.54, 1.807) is 22.9 Å². The van der Waals surface area contributed by atoms with Crippen molar-refractivity contribution in [1.82, 2.24) is 14.8 Å². The summed E-state index contributed by atoms with van der Waals surface area (Å²) in [6.07, 6.45) is 2.75. The third kappa shape index (κ3) is 4.96. The van der Waals surface area contributed by atoms with Crippen molar-refractivity contribution < 1.29 is 24.2 Å². The number of fused-ring (bicyclic) bond motifs is 3. The van der Waals surface area contributed by atoms with Crippen LogP contribution >= 0.6 is 11.6 Å². The van der Waals surface area contributed by atoms with E-state index in [0.717, 1.165) is 22.3 Å². The van der Waals surface area contributed by atoms with Gasteiger partial charge in [0.15, 0.2) is 11.5 Å². The van der Waals surface area contributed by atoms with Gasteiger partial charge in [-0.3, -0.25) is 9.59 Å². The average molecular weight is 618 g/mol. The molecule has 1 saturated heterocycles. The number of hydrogen-bond acceptors (Lipinski definition) is 7. The second kappa shape index (κ2) is 11.1. The largest absolute Gasteiger partial charge is 0.396 e. The standard InChI is InChI=1S/C33H33ClFN5O4/c1-32(17-41)15-39(16-33(32,2)18-42)28-13-25(26(34)14-37-28)27(43)12-19-3-4-20-5-10-23-29(31(36)44)38-40(30(23)24(20)11-19)22-8-6-21(35)7-9-22/h3-4,6-9,11,13-14,41-42H,5,10,12,15-18H2,1-2H3,(H2,36,44)/t32-,33+. The summed E-state index contributed by atoms with van der Waals surface area (Å²) in [6, 6.07) is 13.3. The number of pyridine rings is 1. The van der Waals surface area contributed by atoms with Crippen molar-refractivity contribution >= 4 is 29.1 Å². The number of primary amides is 1. The van der Waals surface area contributed by atoms with Crippen LogP contribution in [0.25, 0.3) is 16.9 Å². The summed E-state index contributed by atoms with van der Waals surface area (Å²) in [5, 5.41) is 24.9. The number of aryl methyl sites for hydroxylation is 1. The maximum atomic E-state index is 13.7. The third-order valence-corrected chi connectivity index (χ3v) is 9.73. The molecular weight excluding hydrogens is 585 g/mol. The molecule has 2 aliphatic rings. The average Bonchev–Trinajstić information content (AvgIpc) is 3.54. The number of anilines is 1. The lowest BCUT2D eigenvalue weighted by atomic mass is 9.69. The van der Waals surface area contributed by atoms with E-state index in [1.807, 2.05) is 36.9 Å². The fourth-order valence-corrected chi connectivity index (χ4v) is 6.59. The van der Waals surface area contributed by atoms with E-state index in [0.29, 0.717) is 48.7 Å². The Balaban J connectivity index is 1.33. The predicted octanol–water partition coefficient (Wildman–Crippen LogP) is 4.17. The molecule has 11 heteroatoms. The van der Waals surface area contributed by atoms with Gasteiger partial charge in [0.25, 0.3) is 5.91 Å². The van der Waals surface area contributed by atoms with E-state index in [2.05, 4.69) is 10.1 Å². The molecule has 0 saturated carbocycles. The highest BCUT2D eigenvalue weighted by Crippen LogP contribution is 2.46. The van der Waals surface area contributed by atoms with Gasteiger partial charge in [-0.15, -0.1) is 0 Å². The Hall–Kier alpha value is -4.12. The van der Waals surface area contributed by atoms with Crippen LogP contribution in [0.4, 0.5) is 10.2 Å². The first-order valence-corrected chi connectivity index (χ1v) is 14.8. The number of halogens is 2. The van der Waals surface area contributed by atoms with Crippen LogP contribution in [-0.2, 0) is 19.3 Å². The molecule has 4 N–H and O–H groups in total. The summed E-state index contributed by atoms with van der Waals surface area (Å²) in [4.78, 5) is 32.4. The van der Waals surface area contributed by atoms with Gasteiger partial charge < -0.3 is 20.8 Å². The van der Waals surface area contributed by atoms with Gasteiger partial charge in [0.2, 0.25) is 0 Å². The van der Waals surface area contributed by atoms with E-state index in [1.165, 1.54) is 18.3 Å². The van der Waals surface area contributed by atoms with Gasteiger partial charge in [-0.1, -0.05) is 37.6 Å². The molecule has 0 unspecified atom stereocenters. The molecule has 2 atom stereocenters. The number of benzene rings is 2. The molecule has 2 aromatic heterocycles. The van der Waals surface area contributed by atoms with Crippen LogP contribution in [0.5, 0.6) is 0 Å². The van der Waals surface area contributed by atoms with Crippen LogP contribution in [0.2, 0.25) is 5.02 Å². The molecule has 228 valence electrons. The van der Waals surface area contributed by atoms with E-state index in [9.17, 15) is 24.2 Å². The number of aliphatic hydroxyl groups is 2. The van der Waals surface area contributed by atoms with Crippen molar-refractivity contribution in [3.63, 3.8) is 0 Å². The number of aliphatic hydroxyl groups excluding tert-OH is 2. The summed E-state index contributed by atoms with van der Waals surface area (Å²) < 4.78 is 15.3. The smallest absolute Gasteiger partial charge is 0.269 e. The fraction of sp³-hybridized carbons (Fsp3) is 0.333. The van der Waals surface area contributed by atoms with Gasteiger partial charge >= 0.3 is 0 Å². The maximum absolute atomic E-state index is 13.7. The van der Waals surface area contributed by atoms with Crippen molar-refractivity contribution in [2.24, 2.45) is 16.6 Å². The van der Waals surface area contributed by atoms with Crippen LogP contribution in [0.1, 0.15) is 51.4 Å². The molecule has 0 bridgehead atoms. The zero-order valence-electron chi connectivity index (χ0n) is 24.5. The molecule has 1 fully saturated rings. The molecule has 2 aromatic carbocycles. The zero-order valence-corrected chi connectivity index (χ0v) is 25.2. The first-order chi connectivity index (χ1) is 21.0. The van der Waals surface area contributed by atoms with Crippen LogP contribution in [-0.4, -0.2) is 63.0 Å². The molecule has 0 spiro atoms. The zero-order chi connectivity index (χ0) is 31.4.